The lowest BCUT2D eigenvalue weighted by molar-refractivity contribution is 0.0527. The molecule has 0 bridgehead atoms. The second-order valence-corrected chi connectivity index (χ2v) is 4.99. The lowest BCUT2D eigenvalue weighted by Crippen LogP contribution is -2.34. The fourth-order valence-electron chi connectivity index (χ4n) is 1.23. The molecule has 0 saturated heterocycles. The average molecular weight is 245 g/mol. The molecule has 0 heterocycles. The number of amides is 1. The number of hydrogen-bond acceptors (Lipinski definition) is 4. The van der Waals surface area contributed by atoms with Crippen molar-refractivity contribution >= 4 is 6.09 Å². The predicted molar refractivity (Wildman–Crippen MR) is 70.3 cm³/mol. The Bertz CT molecular complexity index is 202. The summed E-state index contributed by atoms with van der Waals surface area (Å²) < 4.78 is 5.12. The number of carbonyl (C=O) groups excluding carboxylic acids is 1. The van der Waals surface area contributed by atoms with Crippen LogP contribution in [0.4, 0.5) is 4.79 Å². The number of carbonyl (C=O) groups is 1. The normalized spacial score (nSPS) is 11.3. The van der Waals surface area contributed by atoms with Crippen LogP contribution < -0.4 is 16.0 Å². The average Bonchev–Trinajstić information content (AvgIpc) is 2.19. The molecule has 0 atom stereocenters. The third-order valence-electron chi connectivity index (χ3n) is 1.98. The Morgan fingerprint density at radius 2 is 1.65 bits per heavy atom. The maximum Gasteiger partial charge on any atom is 0.407 e. The van der Waals surface area contributed by atoms with E-state index in [0.29, 0.717) is 6.54 Å². The standard InChI is InChI=1S/C12H27N3O2/c1-12(2,3)17-11(16)15-10-6-9-14-8-5-7-13-4/h13-14H,5-10H2,1-4H3,(H,15,16). The van der Waals surface area contributed by atoms with Gasteiger partial charge in [0.25, 0.3) is 0 Å². The number of rotatable bonds is 8. The molecule has 0 aliphatic rings. The van der Waals surface area contributed by atoms with Gasteiger partial charge in [-0.1, -0.05) is 0 Å². The smallest absolute Gasteiger partial charge is 0.407 e. The van der Waals surface area contributed by atoms with Gasteiger partial charge in [-0.25, -0.2) is 4.79 Å². The van der Waals surface area contributed by atoms with Crippen LogP contribution in [0.15, 0.2) is 0 Å². The van der Waals surface area contributed by atoms with E-state index in [4.69, 9.17) is 4.74 Å². The first-order chi connectivity index (χ1) is 7.95. The van der Waals surface area contributed by atoms with Gasteiger partial charge in [-0.2, -0.15) is 0 Å². The van der Waals surface area contributed by atoms with Crippen LogP contribution in [0.25, 0.3) is 0 Å². The van der Waals surface area contributed by atoms with Crippen LogP contribution >= 0.6 is 0 Å². The van der Waals surface area contributed by atoms with E-state index < -0.39 is 5.60 Å². The molecule has 0 spiro atoms. The third-order valence-corrected chi connectivity index (χ3v) is 1.98. The minimum absolute atomic E-state index is 0.340. The van der Waals surface area contributed by atoms with E-state index in [1.165, 1.54) is 0 Å². The predicted octanol–water partition coefficient (Wildman–Crippen LogP) is 1.10. The zero-order valence-electron chi connectivity index (χ0n) is 11.6. The van der Waals surface area contributed by atoms with Crippen molar-refractivity contribution in [3.8, 4) is 0 Å². The second-order valence-electron chi connectivity index (χ2n) is 4.99. The maximum atomic E-state index is 11.3. The lowest BCUT2D eigenvalue weighted by Gasteiger charge is -2.19. The highest BCUT2D eigenvalue weighted by atomic mass is 16.6. The summed E-state index contributed by atoms with van der Waals surface area (Å²) in [7, 11) is 1.95. The Hall–Kier alpha value is -0.810. The molecule has 0 aromatic carbocycles. The molecule has 3 N–H and O–H groups in total. The summed E-state index contributed by atoms with van der Waals surface area (Å²) in [4.78, 5) is 11.3. The highest BCUT2D eigenvalue weighted by molar-refractivity contribution is 5.67. The molecule has 0 radical (unpaired) electrons. The molecular weight excluding hydrogens is 218 g/mol. The highest BCUT2D eigenvalue weighted by Gasteiger charge is 2.15. The first-order valence-corrected chi connectivity index (χ1v) is 6.28. The van der Waals surface area contributed by atoms with Gasteiger partial charge in [0, 0.05) is 6.54 Å². The van der Waals surface area contributed by atoms with Gasteiger partial charge in [-0.3, -0.25) is 0 Å². The Morgan fingerprint density at radius 1 is 1.06 bits per heavy atom. The summed E-state index contributed by atoms with van der Waals surface area (Å²) in [6.07, 6.45) is 1.70. The SMILES string of the molecule is CNCCCNCCCNC(=O)OC(C)(C)C. The fourth-order valence-corrected chi connectivity index (χ4v) is 1.23. The van der Waals surface area contributed by atoms with E-state index in [9.17, 15) is 4.79 Å². The van der Waals surface area contributed by atoms with E-state index in [1.807, 2.05) is 27.8 Å². The Morgan fingerprint density at radius 3 is 2.18 bits per heavy atom. The minimum Gasteiger partial charge on any atom is -0.444 e. The molecule has 0 rings (SSSR count). The van der Waals surface area contributed by atoms with Crippen molar-refractivity contribution < 1.29 is 9.53 Å². The zero-order chi connectivity index (χ0) is 13.1. The largest absolute Gasteiger partial charge is 0.444 e. The lowest BCUT2D eigenvalue weighted by atomic mass is 10.2. The summed E-state index contributed by atoms with van der Waals surface area (Å²) >= 11 is 0. The second kappa shape index (κ2) is 9.24. The van der Waals surface area contributed by atoms with Crippen LogP contribution in [0.5, 0.6) is 0 Å². The summed E-state index contributed by atoms with van der Waals surface area (Å²) in [5, 5.41) is 9.13. The number of nitrogens with one attached hydrogen (secondary N) is 3. The van der Waals surface area contributed by atoms with Crippen molar-refractivity contribution in [2.75, 3.05) is 33.2 Å². The van der Waals surface area contributed by atoms with Gasteiger partial charge in [-0.15, -0.1) is 0 Å². The van der Waals surface area contributed by atoms with Crippen LogP contribution in [0.3, 0.4) is 0 Å². The van der Waals surface area contributed by atoms with E-state index in [0.717, 1.165) is 32.5 Å². The van der Waals surface area contributed by atoms with Crippen molar-refractivity contribution in [2.45, 2.75) is 39.2 Å². The molecule has 0 aromatic heterocycles. The van der Waals surface area contributed by atoms with E-state index in [1.54, 1.807) is 0 Å². The molecule has 0 unspecified atom stereocenters. The van der Waals surface area contributed by atoms with Gasteiger partial charge in [0.1, 0.15) is 5.60 Å². The van der Waals surface area contributed by atoms with Crippen LogP contribution in [0.1, 0.15) is 33.6 Å². The van der Waals surface area contributed by atoms with Gasteiger partial charge < -0.3 is 20.7 Å². The van der Waals surface area contributed by atoms with Gasteiger partial charge in [0.05, 0.1) is 0 Å². The fraction of sp³-hybridized carbons (Fsp3) is 0.917. The van der Waals surface area contributed by atoms with Gasteiger partial charge in [0.15, 0.2) is 0 Å². The van der Waals surface area contributed by atoms with Gasteiger partial charge >= 0.3 is 6.09 Å². The summed E-state index contributed by atoms with van der Waals surface area (Å²) in [5.74, 6) is 0. The highest BCUT2D eigenvalue weighted by Crippen LogP contribution is 2.06. The molecule has 17 heavy (non-hydrogen) atoms. The van der Waals surface area contributed by atoms with E-state index >= 15 is 0 Å². The summed E-state index contributed by atoms with van der Waals surface area (Å²) in [5.41, 5.74) is -0.421. The first-order valence-electron chi connectivity index (χ1n) is 6.28. The molecule has 5 heteroatoms. The molecule has 5 nitrogen and oxygen atoms in total. The molecule has 1 amide bonds. The van der Waals surface area contributed by atoms with Gasteiger partial charge in [0.2, 0.25) is 0 Å². The van der Waals surface area contributed by atoms with Crippen molar-refractivity contribution in [3.05, 3.63) is 0 Å². The number of hydrogen-bond donors (Lipinski definition) is 3. The van der Waals surface area contributed by atoms with Crippen molar-refractivity contribution in [3.63, 3.8) is 0 Å². The number of alkyl carbamates (subject to hydrolysis) is 1. The van der Waals surface area contributed by atoms with Crippen molar-refractivity contribution in [1.82, 2.24) is 16.0 Å². The van der Waals surface area contributed by atoms with Crippen LogP contribution in [-0.2, 0) is 4.74 Å². The van der Waals surface area contributed by atoms with Gasteiger partial charge in [-0.05, 0) is 60.3 Å². The molecule has 0 aliphatic carbocycles. The van der Waals surface area contributed by atoms with Crippen molar-refractivity contribution in [1.29, 1.82) is 0 Å². The van der Waals surface area contributed by atoms with Crippen LogP contribution in [0, 0.1) is 0 Å². The monoisotopic (exact) mass is 245 g/mol. The van der Waals surface area contributed by atoms with Crippen molar-refractivity contribution in [2.24, 2.45) is 0 Å². The molecule has 0 fully saturated rings. The Kier molecular flexibility index (Phi) is 8.80. The first kappa shape index (κ1) is 16.2. The minimum atomic E-state index is -0.421. The molecule has 102 valence electrons. The zero-order valence-corrected chi connectivity index (χ0v) is 11.6. The van der Waals surface area contributed by atoms with Crippen LogP contribution in [0.2, 0.25) is 0 Å². The molecule has 0 saturated carbocycles. The Balaban J connectivity index is 3.25. The topological polar surface area (TPSA) is 62.4 Å². The third kappa shape index (κ3) is 13.1. The molecule has 0 aliphatic heterocycles. The summed E-state index contributed by atoms with van der Waals surface area (Å²) in [6.45, 7) is 9.17. The maximum absolute atomic E-state index is 11.3. The summed E-state index contributed by atoms with van der Waals surface area (Å²) in [6, 6.07) is 0. The quantitative estimate of drug-likeness (QED) is 0.560. The molecule has 0 aromatic rings. The molecular formula is C12H27N3O2. The van der Waals surface area contributed by atoms with Crippen LogP contribution in [-0.4, -0.2) is 44.9 Å². The number of ether oxygens (including phenoxy) is 1. The van der Waals surface area contributed by atoms with E-state index in [2.05, 4.69) is 16.0 Å². The Labute approximate surface area is 105 Å². The van der Waals surface area contributed by atoms with E-state index in [-0.39, 0.29) is 6.09 Å².